The Morgan fingerprint density at radius 1 is 1.00 bits per heavy atom. The van der Waals surface area contributed by atoms with E-state index in [0.29, 0.717) is 25.2 Å². The highest BCUT2D eigenvalue weighted by Crippen LogP contribution is 2.22. The number of hydrogen-bond acceptors (Lipinski definition) is 7. The quantitative estimate of drug-likeness (QED) is 0.667. The van der Waals surface area contributed by atoms with Crippen LogP contribution in [-0.4, -0.2) is 51.1 Å². The molecule has 2 N–H and O–H groups in total. The van der Waals surface area contributed by atoms with Crippen molar-refractivity contribution in [2.75, 3.05) is 13.2 Å². The van der Waals surface area contributed by atoms with E-state index < -0.39 is 12.0 Å². The van der Waals surface area contributed by atoms with E-state index in [1.165, 1.54) is 4.68 Å². The van der Waals surface area contributed by atoms with Crippen molar-refractivity contribution in [3.05, 3.63) is 41.7 Å². The predicted molar refractivity (Wildman–Crippen MR) is 101 cm³/mol. The van der Waals surface area contributed by atoms with E-state index in [2.05, 4.69) is 26.2 Å². The van der Waals surface area contributed by atoms with Crippen LogP contribution in [0, 0.1) is 0 Å². The van der Waals surface area contributed by atoms with E-state index >= 15 is 0 Å². The maximum atomic E-state index is 12.4. The molecule has 0 spiro atoms. The number of benzene rings is 1. The molecule has 0 saturated heterocycles. The molecular weight excluding hydrogens is 376 g/mol. The number of tetrazole rings is 1. The molecule has 29 heavy (non-hydrogen) atoms. The smallest absolute Gasteiger partial charge is 0.308 e. The number of fused-ring (bicyclic) bond motifs is 1. The third kappa shape index (κ3) is 6.09. The van der Waals surface area contributed by atoms with E-state index in [0.717, 1.165) is 18.4 Å². The lowest BCUT2D eigenvalue weighted by Crippen LogP contribution is -2.30. The molecule has 1 aliphatic rings. The lowest BCUT2D eigenvalue weighted by molar-refractivity contribution is -0.149. The molecule has 10 heteroatoms. The lowest BCUT2D eigenvalue weighted by Gasteiger charge is -2.18. The SMILES string of the molecule is O=C1CCCCCNC(=O)COC(=O)CC(c2ccccc2)n2nnnc2CN1. The van der Waals surface area contributed by atoms with Crippen molar-refractivity contribution in [2.24, 2.45) is 0 Å². The standard InChI is InChI=1S/C19H24N6O4/c26-17-9-5-2-6-10-20-18(27)13-29-19(28)11-15(14-7-3-1-4-8-14)25-16(12-21-17)22-23-24-25/h1,3-4,7-8,15H,2,5-6,9-13H2,(H,20,27)(H,21,26). The Bertz CT molecular complexity index is 838. The van der Waals surface area contributed by atoms with Gasteiger partial charge in [0, 0.05) is 13.0 Å². The van der Waals surface area contributed by atoms with E-state index in [4.69, 9.17) is 4.74 Å². The Morgan fingerprint density at radius 3 is 2.66 bits per heavy atom. The van der Waals surface area contributed by atoms with Gasteiger partial charge in [-0.1, -0.05) is 36.8 Å². The number of amides is 2. The van der Waals surface area contributed by atoms with Gasteiger partial charge in [-0.2, -0.15) is 0 Å². The van der Waals surface area contributed by atoms with Crippen LogP contribution in [0.15, 0.2) is 30.3 Å². The maximum Gasteiger partial charge on any atom is 0.308 e. The maximum absolute atomic E-state index is 12.4. The first-order chi connectivity index (χ1) is 14.1. The molecule has 2 aromatic rings. The first-order valence-corrected chi connectivity index (χ1v) is 9.64. The molecule has 1 unspecified atom stereocenters. The van der Waals surface area contributed by atoms with Crippen molar-refractivity contribution >= 4 is 17.8 Å². The topological polar surface area (TPSA) is 128 Å². The van der Waals surface area contributed by atoms with Crippen LogP contribution in [0.3, 0.4) is 0 Å². The van der Waals surface area contributed by atoms with Crippen LogP contribution in [0.5, 0.6) is 0 Å². The third-order valence-corrected chi connectivity index (χ3v) is 4.61. The first kappa shape index (κ1) is 20.4. The number of esters is 1. The fourth-order valence-corrected chi connectivity index (χ4v) is 3.09. The summed E-state index contributed by atoms with van der Waals surface area (Å²) < 4.78 is 6.65. The molecule has 1 atom stereocenters. The molecule has 2 amide bonds. The van der Waals surface area contributed by atoms with Crippen LogP contribution in [-0.2, 0) is 25.7 Å². The van der Waals surface area contributed by atoms with Gasteiger partial charge in [-0.15, -0.1) is 5.10 Å². The van der Waals surface area contributed by atoms with Gasteiger partial charge in [0.05, 0.1) is 19.0 Å². The van der Waals surface area contributed by atoms with Gasteiger partial charge in [0.1, 0.15) is 0 Å². The molecule has 1 aromatic carbocycles. The Balaban J connectivity index is 1.82. The fourth-order valence-electron chi connectivity index (χ4n) is 3.09. The van der Waals surface area contributed by atoms with Crippen LogP contribution < -0.4 is 10.6 Å². The van der Waals surface area contributed by atoms with Crippen LogP contribution in [0.4, 0.5) is 0 Å². The molecule has 0 aliphatic carbocycles. The summed E-state index contributed by atoms with van der Waals surface area (Å²) >= 11 is 0. The summed E-state index contributed by atoms with van der Waals surface area (Å²) in [5, 5.41) is 17.3. The van der Waals surface area contributed by atoms with Gasteiger partial charge in [-0.3, -0.25) is 14.4 Å². The van der Waals surface area contributed by atoms with Gasteiger partial charge < -0.3 is 15.4 Å². The molecule has 0 saturated carbocycles. The highest BCUT2D eigenvalue weighted by atomic mass is 16.5. The largest absolute Gasteiger partial charge is 0.456 e. The van der Waals surface area contributed by atoms with Crippen LogP contribution in [0.2, 0.25) is 0 Å². The predicted octanol–water partition coefficient (Wildman–Crippen LogP) is 0.502. The number of rotatable bonds is 1. The average Bonchev–Trinajstić information content (AvgIpc) is 3.19. The molecule has 0 fully saturated rings. The summed E-state index contributed by atoms with van der Waals surface area (Å²) in [6.45, 7) is 0.308. The molecule has 154 valence electrons. The first-order valence-electron chi connectivity index (χ1n) is 9.64. The molecule has 3 rings (SSSR count). The summed E-state index contributed by atoms with van der Waals surface area (Å²) in [5.74, 6) is -0.547. The molecular formula is C19H24N6O4. The van der Waals surface area contributed by atoms with Crippen molar-refractivity contribution in [2.45, 2.75) is 44.7 Å². The monoisotopic (exact) mass is 400 g/mol. The van der Waals surface area contributed by atoms with Gasteiger partial charge in [0.2, 0.25) is 5.91 Å². The van der Waals surface area contributed by atoms with Crippen molar-refractivity contribution in [1.29, 1.82) is 0 Å². The normalized spacial score (nSPS) is 20.0. The third-order valence-electron chi connectivity index (χ3n) is 4.61. The lowest BCUT2D eigenvalue weighted by atomic mass is 10.0. The molecule has 0 radical (unpaired) electrons. The average molecular weight is 400 g/mol. The number of hydrogen-bond donors (Lipinski definition) is 2. The van der Waals surface area contributed by atoms with Crippen LogP contribution in [0.25, 0.3) is 0 Å². The highest BCUT2D eigenvalue weighted by Gasteiger charge is 2.24. The fraction of sp³-hybridized carbons (Fsp3) is 0.474. The summed E-state index contributed by atoms with van der Waals surface area (Å²) in [7, 11) is 0. The van der Waals surface area contributed by atoms with Gasteiger partial charge in [-0.25, -0.2) is 4.68 Å². The number of ether oxygens (including phenoxy) is 1. The highest BCUT2D eigenvalue weighted by molar-refractivity contribution is 5.80. The number of nitrogens with one attached hydrogen (secondary N) is 2. The van der Waals surface area contributed by atoms with Crippen LogP contribution >= 0.6 is 0 Å². The van der Waals surface area contributed by atoms with Gasteiger partial charge >= 0.3 is 5.97 Å². The van der Waals surface area contributed by atoms with E-state index in [1.54, 1.807) is 0 Å². The summed E-state index contributed by atoms with van der Waals surface area (Å²) in [6.07, 6.45) is 2.61. The van der Waals surface area contributed by atoms with Gasteiger partial charge in [0.15, 0.2) is 12.4 Å². The Hall–Kier alpha value is -3.30. The van der Waals surface area contributed by atoms with E-state index in [1.807, 2.05) is 30.3 Å². The molecule has 1 aromatic heterocycles. The Labute approximate surface area is 168 Å². The second kappa shape index (κ2) is 10.3. The zero-order valence-corrected chi connectivity index (χ0v) is 16.0. The molecule has 0 bridgehead atoms. The van der Waals surface area contributed by atoms with Gasteiger partial charge in [-0.05, 0) is 28.8 Å². The number of cyclic esters (lactones) is 1. The zero-order chi connectivity index (χ0) is 20.5. The zero-order valence-electron chi connectivity index (χ0n) is 16.0. The van der Waals surface area contributed by atoms with E-state index in [-0.39, 0.29) is 31.4 Å². The van der Waals surface area contributed by atoms with Crippen LogP contribution in [0.1, 0.15) is 49.5 Å². The minimum atomic E-state index is -0.538. The van der Waals surface area contributed by atoms with Crippen molar-refractivity contribution in [3.63, 3.8) is 0 Å². The number of nitrogens with zero attached hydrogens (tertiary/aromatic N) is 4. The molecule has 1 aliphatic heterocycles. The van der Waals surface area contributed by atoms with Gasteiger partial charge in [0.25, 0.3) is 5.91 Å². The second-order valence-electron chi connectivity index (χ2n) is 6.77. The number of aromatic nitrogens is 4. The number of carbonyl (C=O) groups is 3. The molecule has 10 nitrogen and oxygen atoms in total. The Morgan fingerprint density at radius 2 is 1.83 bits per heavy atom. The Kier molecular flexibility index (Phi) is 7.26. The minimum absolute atomic E-state index is 0.0523. The minimum Gasteiger partial charge on any atom is -0.456 e. The van der Waals surface area contributed by atoms with E-state index in [9.17, 15) is 14.4 Å². The summed E-state index contributed by atoms with van der Waals surface area (Å²) in [5.41, 5.74) is 0.812. The van der Waals surface area contributed by atoms with Crippen molar-refractivity contribution < 1.29 is 19.1 Å². The number of carbonyl (C=O) groups excluding carboxylic acids is 3. The second-order valence-corrected chi connectivity index (χ2v) is 6.77. The van der Waals surface area contributed by atoms with Crippen molar-refractivity contribution in [3.8, 4) is 0 Å². The van der Waals surface area contributed by atoms with Crippen molar-refractivity contribution in [1.82, 2.24) is 30.8 Å². The summed E-state index contributed by atoms with van der Waals surface area (Å²) in [6, 6.07) is 8.76. The molecule has 2 heterocycles. The summed E-state index contributed by atoms with van der Waals surface area (Å²) in [4.78, 5) is 36.3.